The summed E-state index contributed by atoms with van der Waals surface area (Å²) in [4.78, 5) is 0. The number of ether oxygens (including phenoxy) is 1. The van der Waals surface area contributed by atoms with Gasteiger partial charge in [0.2, 0.25) is 0 Å². The van der Waals surface area contributed by atoms with E-state index in [-0.39, 0.29) is 11.2 Å². The van der Waals surface area contributed by atoms with Crippen LogP contribution < -0.4 is 4.74 Å². The van der Waals surface area contributed by atoms with Gasteiger partial charge in [0, 0.05) is 0 Å². The fourth-order valence-electron chi connectivity index (χ4n) is 2.47. The molecule has 0 amide bonds. The van der Waals surface area contributed by atoms with E-state index in [9.17, 15) is 4.39 Å². The number of rotatable bonds is 5. The molecule has 0 radical (unpaired) electrons. The summed E-state index contributed by atoms with van der Waals surface area (Å²) < 4.78 is 19.1. The Morgan fingerprint density at radius 2 is 1.81 bits per heavy atom. The van der Waals surface area contributed by atoms with Crippen LogP contribution in [0.4, 0.5) is 4.39 Å². The van der Waals surface area contributed by atoms with Crippen molar-refractivity contribution in [3.05, 3.63) is 64.5 Å². The first-order chi connectivity index (χ1) is 10.0. The summed E-state index contributed by atoms with van der Waals surface area (Å²) in [5.41, 5.74) is 3.66. The number of hydrogen-bond acceptors (Lipinski definition) is 1. The Balaban J connectivity index is 2.34. The van der Waals surface area contributed by atoms with Crippen molar-refractivity contribution in [1.29, 1.82) is 0 Å². The zero-order valence-electron chi connectivity index (χ0n) is 12.6. The Morgan fingerprint density at radius 3 is 2.43 bits per heavy atom. The van der Waals surface area contributed by atoms with E-state index in [0.717, 1.165) is 34.4 Å². The first-order valence-electron chi connectivity index (χ1n) is 7.16. The third kappa shape index (κ3) is 3.76. The maximum Gasteiger partial charge on any atom is 0.123 e. The van der Waals surface area contributed by atoms with Crippen LogP contribution in [-0.2, 0) is 0 Å². The smallest absolute Gasteiger partial charge is 0.123 e. The molecule has 21 heavy (non-hydrogen) atoms. The van der Waals surface area contributed by atoms with Crippen LogP contribution in [0.2, 0.25) is 0 Å². The molecular formula is C18H20ClFO. The Kier molecular flexibility index (Phi) is 5.24. The molecule has 0 spiro atoms. The van der Waals surface area contributed by atoms with Crippen LogP contribution in [-0.4, -0.2) is 6.61 Å². The van der Waals surface area contributed by atoms with Gasteiger partial charge in [0.25, 0.3) is 0 Å². The lowest BCUT2D eigenvalue weighted by Gasteiger charge is -2.17. The molecule has 1 nitrogen and oxygen atoms in total. The van der Waals surface area contributed by atoms with Gasteiger partial charge < -0.3 is 4.74 Å². The lowest BCUT2D eigenvalue weighted by molar-refractivity contribution is 0.317. The van der Waals surface area contributed by atoms with Gasteiger partial charge in [0.15, 0.2) is 0 Å². The van der Waals surface area contributed by atoms with Crippen molar-refractivity contribution in [2.45, 2.75) is 32.6 Å². The SMILES string of the molecule is CCCOc1cccc(C(Cl)c2c(C)cc(F)cc2C)c1. The summed E-state index contributed by atoms with van der Waals surface area (Å²) in [5, 5.41) is -0.309. The summed E-state index contributed by atoms with van der Waals surface area (Å²) in [7, 11) is 0. The highest BCUT2D eigenvalue weighted by Gasteiger charge is 2.17. The fraction of sp³-hybridized carbons (Fsp3) is 0.333. The fourth-order valence-corrected chi connectivity index (χ4v) is 2.95. The average Bonchev–Trinajstić information content (AvgIpc) is 2.44. The summed E-state index contributed by atoms with van der Waals surface area (Å²) >= 11 is 6.62. The van der Waals surface area contributed by atoms with Gasteiger partial charge in [-0.2, -0.15) is 0 Å². The average molecular weight is 307 g/mol. The molecule has 0 saturated carbocycles. The molecule has 2 rings (SSSR count). The van der Waals surface area contributed by atoms with Crippen LogP contribution in [0.1, 0.15) is 41.0 Å². The minimum Gasteiger partial charge on any atom is -0.494 e. The van der Waals surface area contributed by atoms with Gasteiger partial charge in [-0.05, 0) is 66.8 Å². The molecule has 0 aromatic heterocycles. The van der Waals surface area contributed by atoms with Gasteiger partial charge in [-0.15, -0.1) is 11.6 Å². The molecule has 0 saturated heterocycles. The highest BCUT2D eigenvalue weighted by molar-refractivity contribution is 6.22. The lowest BCUT2D eigenvalue weighted by atomic mass is 9.95. The number of alkyl halides is 1. The molecule has 1 atom stereocenters. The summed E-state index contributed by atoms with van der Waals surface area (Å²) in [6.07, 6.45) is 0.963. The number of benzene rings is 2. The standard InChI is InChI=1S/C18H20ClFO/c1-4-8-21-16-7-5-6-14(11-16)18(19)17-12(2)9-15(20)10-13(17)3/h5-7,9-11,18H,4,8H2,1-3H3. The highest BCUT2D eigenvalue weighted by Crippen LogP contribution is 2.35. The van der Waals surface area contributed by atoms with E-state index in [2.05, 4.69) is 6.92 Å². The van der Waals surface area contributed by atoms with Gasteiger partial charge in [-0.25, -0.2) is 4.39 Å². The third-order valence-corrected chi connectivity index (χ3v) is 3.91. The minimum atomic E-state index is -0.309. The van der Waals surface area contributed by atoms with Gasteiger partial charge in [-0.3, -0.25) is 0 Å². The van der Waals surface area contributed by atoms with Crippen molar-refractivity contribution in [3.8, 4) is 5.75 Å². The van der Waals surface area contributed by atoms with Crippen LogP contribution in [0.3, 0.4) is 0 Å². The van der Waals surface area contributed by atoms with Gasteiger partial charge in [0.05, 0.1) is 12.0 Å². The van der Waals surface area contributed by atoms with E-state index in [0.29, 0.717) is 6.61 Å². The largest absolute Gasteiger partial charge is 0.494 e. The van der Waals surface area contributed by atoms with Crippen molar-refractivity contribution >= 4 is 11.6 Å². The topological polar surface area (TPSA) is 9.23 Å². The zero-order chi connectivity index (χ0) is 15.4. The summed E-state index contributed by atoms with van der Waals surface area (Å²) in [6, 6.07) is 10.8. The molecular weight excluding hydrogens is 287 g/mol. The Hall–Kier alpha value is -1.54. The number of hydrogen-bond donors (Lipinski definition) is 0. The maximum atomic E-state index is 13.4. The normalized spacial score (nSPS) is 12.2. The highest BCUT2D eigenvalue weighted by atomic mass is 35.5. The monoisotopic (exact) mass is 306 g/mol. The van der Waals surface area contributed by atoms with Crippen molar-refractivity contribution < 1.29 is 9.13 Å². The number of aryl methyl sites for hydroxylation is 2. The molecule has 0 aliphatic heterocycles. The van der Waals surface area contributed by atoms with E-state index in [1.165, 1.54) is 12.1 Å². The molecule has 0 N–H and O–H groups in total. The quantitative estimate of drug-likeness (QED) is 0.657. The predicted octanol–water partition coefficient (Wildman–Crippen LogP) is 5.56. The van der Waals surface area contributed by atoms with Gasteiger partial charge in [0.1, 0.15) is 11.6 Å². The Labute approximate surface area is 130 Å². The molecule has 2 aromatic rings. The van der Waals surface area contributed by atoms with E-state index in [4.69, 9.17) is 16.3 Å². The zero-order valence-corrected chi connectivity index (χ0v) is 13.4. The van der Waals surface area contributed by atoms with Crippen LogP contribution in [0.25, 0.3) is 0 Å². The molecule has 0 bridgehead atoms. The predicted molar refractivity (Wildman–Crippen MR) is 85.8 cm³/mol. The molecule has 0 heterocycles. The molecule has 1 unspecified atom stereocenters. The van der Waals surface area contributed by atoms with Gasteiger partial charge >= 0.3 is 0 Å². The minimum absolute atomic E-state index is 0.224. The first-order valence-corrected chi connectivity index (χ1v) is 7.60. The Morgan fingerprint density at radius 1 is 1.14 bits per heavy atom. The van der Waals surface area contributed by atoms with Crippen LogP contribution in [0, 0.1) is 19.7 Å². The lowest BCUT2D eigenvalue weighted by Crippen LogP contribution is -2.02. The van der Waals surface area contributed by atoms with E-state index in [1.807, 2.05) is 38.1 Å². The van der Waals surface area contributed by atoms with Crippen molar-refractivity contribution in [1.82, 2.24) is 0 Å². The molecule has 0 aliphatic rings. The van der Waals surface area contributed by atoms with Crippen molar-refractivity contribution in [3.63, 3.8) is 0 Å². The van der Waals surface area contributed by atoms with Crippen molar-refractivity contribution in [2.24, 2.45) is 0 Å². The Bertz CT molecular complexity index is 601. The van der Waals surface area contributed by atoms with Crippen LogP contribution in [0.5, 0.6) is 5.75 Å². The maximum absolute atomic E-state index is 13.4. The van der Waals surface area contributed by atoms with E-state index in [1.54, 1.807) is 0 Å². The van der Waals surface area contributed by atoms with Crippen molar-refractivity contribution in [2.75, 3.05) is 6.61 Å². The van der Waals surface area contributed by atoms with E-state index >= 15 is 0 Å². The third-order valence-electron chi connectivity index (χ3n) is 3.44. The van der Waals surface area contributed by atoms with E-state index < -0.39 is 0 Å². The molecule has 3 heteroatoms. The first kappa shape index (κ1) is 15.8. The summed E-state index contributed by atoms with van der Waals surface area (Å²) in [6.45, 7) is 6.53. The second-order valence-electron chi connectivity index (χ2n) is 5.24. The molecule has 2 aromatic carbocycles. The molecule has 0 aliphatic carbocycles. The van der Waals surface area contributed by atoms with Crippen LogP contribution >= 0.6 is 11.6 Å². The summed E-state index contributed by atoms with van der Waals surface area (Å²) in [5.74, 6) is 0.593. The van der Waals surface area contributed by atoms with Crippen LogP contribution in [0.15, 0.2) is 36.4 Å². The molecule has 112 valence electrons. The molecule has 0 fully saturated rings. The number of halogens is 2. The van der Waals surface area contributed by atoms with Gasteiger partial charge in [-0.1, -0.05) is 19.1 Å². The second kappa shape index (κ2) is 6.95. The second-order valence-corrected chi connectivity index (χ2v) is 5.67.